The Bertz CT molecular complexity index is 703. The van der Waals surface area contributed by atoms with Crippen LogP contribution in [0, 0.1) is 0 Å². The Labute approximate surface area is 155 Å². The maximum absolute atomic E-state index is 13.7. The fourth-order valence-corrected chi connectivity index (χ4v) is 3.03. The average Bonchev–Trinajstić information content (AvgIpc) is 3.54. The molecule has 0 aromatic heterocycles. The fraction of sp³-hybridized carbons (Fsp3) is 0.500. The molecular formula is C20H21F3O4. The lowest BCUT2D eigenvalue weighted by Gasteiger charge is -2.25. The first-order valence-electron chi connectivity index (χ1n) is 9.01. The van der Waals surface area contributed by atoms with Gasteiger partial charge in [0.1, 0.15) is 30.5 Å². The normalized spacial score (nSPS) is 27.8. The summed E-state index contributed by atoms with van der Waals surface area (Å²) in [7, 11) is 0. The summed E-state index contributed by atoms with van der Waals surface area (Å²) in [6.45, 7) is 2.27. The molecule has 0 amide bonds. The first-order chi connectivity index (χ1) is 13.0. The van der Waals surface area contributed by atoms with Gasteiger partial charge in [-0.3, -0.25) is 0 Å². The number of hydrogen-bond donors (Lipinski definition) is 0. The van der Waals surface area contributed by atoms with Crippen molar-refractivity contribution in [3.05, 3.63) is 53.6 Å². The lowest BCUT2D eigenvalue weighted by atomic mass is 9.87. The van der Waals surface area contributed by atoms with Gasteiger partial charge in [-0.05, 0) is 29.7 Å². The van der Waals surface area contributed by atoms with Gasteiger partial charge in [0, 0.05) is 0 Å². The second-order valence-corrected chi connectivity index (χ2v) is 6.94. The monoisotopic (exact) mass is 382 g/mol. The molecule has 1 aromatic carbocycles. The lowest BCUT2D eigenvalue weighted by Crippen LogP contribution is -2.24. The first-order valence-corrected chi connectivity index (χ1v) is 9.01. The van der Waals surface area contributed by atoms with Crippen LogP contribution in [0.4, 0.5) is 13.2 Å². The number of hydrogen-bond acceptors (Lipinski definition) is 4. The van der Waals surface area contributed by atoms with Crippen molar-refractivity contribution in [3.63, 3.8) is 0 Å². The molecule has 0 radical (unpaired) electrons. The van der Waals surface area contributed by atoms with Crippen LogP contribution in [-0.4, -0.2) is 50.9 Å². The van der Waals surface area contributed by atoms with E-state index in [-0.39, 0.29) is 29.4 Å². The molecule has 2 aliphatic heterocycles. The van der Waals surface area contributed by atoms with Gasteiger partial charge in [0.25, 0.3) is 0 Å². The maximum atomic E-state index is 13.7. The molecule has 4 atom stereocenters. The third kappa shape index (κ3) is 5.12. The summed E-state index contributed by atoms with van der Waals surface area (Å²) in [6.07, 6.45) is 0.922. The van der Waals surface area contributed by atoms with Crippen LogP contribution < -0.4 is 4.74 Å². The molecule has 0 bridgehead atoms. The minimum absolute atomic E-state index is 0.103. The molecule has 4 unspecified atom stereocenters. The number of ether oxygens (including phenoxy) is 4. The van der Waals surface area contributed by atoms with E-state index in [9.17, 15) is 13.2 Å². The molecule has 0 N–H and O–H groups in total. The summed E-state index contributed by atoms with van der Waals surface area (Å²) in [5.74, 6) is -1.12. The van der Waals surface area contributed by atoms with Gasteiger partial charge in [0.05, 0.1) is 25.9 Å². The molecule has 1 aliphatic carbocycles. The van der Waals surface area contributed by atoms with Crippen molar-refractivity contribution in [3.8, 4) is 5.75 Å². The highest BCUT2D eigenvalue weighted by molar-refractivity contribution is 5.41. The number of allylic oxidation sites excluding steroid dienone is 2. The third-order valence-corrected chi connectivity index (χ3v) is 4.70. The Morgan fingerprint density at radius 1 is 1.04 bits per heavy atom. The summed E-state index contributed by atoms with van der Waals surface area (Å²) in [5.41, 5.74) is 0.434. The number of benzene rings is 1. The van der Waals surface area contributed by atoms with Crippen molar-refractivity contribution in [1.82, 2.24) is 0 Å². The first kappa shape index (κ1) is 18.5. The topological polar surface area (TPSA) is 43.5 Å². The van der Waals surface area contributed by atoms with Gasteiger partial charge in [0.15, 0.2) is 0 Å². The van der Waals surface area contributed by atoms with Gasteiger partial charge < -0.3 is 18.9 Å². The number of rotatable bonds is 8. The summed E-state index contributed by atoms with van der Waals surface area (Å²) in [5, 5.41) is 0. The summed E-state index contributed by atoms with van der Waals surface area (Å²) in [4.78, 5) is 0. The molecule has 0 spiro atoms. The van der Waals surface area contributed by atoms with Crippen LogP contribution >= 0.6 is 0 Å². The van der Waals surface area contributed by atoms with Crippen LogP contribution in [0.1, 0.15) is 17.9 Å². The molecule has 146 valence electrons. The zero-order valence-corrected chi connectivity index (χ0v) is 14.7. The van der Waals surface area contributed by atoms with Crippen LogP contribution in [0.5, 0.6) is 5.75 Å². The zero-order chi connectivity index (χ0) is 18.9. The van der Waals surface area contributed by atoms with Crippen LogP contribution in [0.15, 0.2) is 48.1 Å². The molecule has 27 heavy (non-hydrogen) atoms. The summed E-state index contributed by atoms with van der Waals surface area (Å²) < 4.78 is 62.5. The Morgan fingerprint density at radius 3 is 2.26 bits per heavy atom. The standard InChI is InChI=1S/C20H21F3O4/c21-20(22,23)19(13-1-5-15(6-2-13)24-9-17-11-26-17)14-3-7-16(8-4-14)25-10-18-12-27-18/h1-7,16-19H,8-12H2. The SMILES string of the molecule is FC(F)(F)C(C1=CCC(OCC2CO2)C=C1)c1ccc(OCC2CO2)cc1. The van der Waals surface area contributed by atoms with Crippen LogP contribution in [-0.2, 0) is 14.2 Å². The van der Waals surface area contributed by atoms with Gasteiger partial charge >= 0.3 is 6.18 Å². The molecular weight excluding hydrogens is 361 g/mol. The minimum Gasteiger partial charge on any atom is -0.491 e. The van der Waals surface area contributed by atoms with Crippen molar-refractivity contribution in [1.29, 1.82) is 0 Å². The highest BCUT2D eigenvalue weighted by Gasteiger charge is 2.43. The molecule has 7 heteroatoms. The highest BCUT2D eigenvalue weighted by atomic mass is 19.4. The van der Waals surface area contributed by atoms with Gasteiger partial charge in [-0.15, -0.1) is 0 Å². The predicted octanol–water partition coefficient (Wildman–Crippen LogP) is 3.78. The lowest BCUT2D eigenvalue weighted by molar-refractivity contribution is -0.141. The predicted molar refractivity (Wildman–Crippen MR) is 91.8 cm³/mol. The largest absolute Gasteiger partial charge is 0.491 e. The van der Waals surface area contributed by atoms with Gasteiger partial charge in [-0.1, -0.05) is 30.4 Å². The number of alkyl halides is 3. The van der Waals surface area contributed by atoms with E-state index in [4.69, 9.17) is 18.9 Å². The Kier molecular flexibility index (Phi) is 5.25. The van der Waals surface area contributed by atoms with E-state index in [2.05, 4.69) is 0 Å². The molecule has 3 aliphatic rings. The van der Waals surface area contributed by atoms with E-state index in [1.54, 1.807) is 24.3 Å². The van der Waals surface area contributed by atoms with E-state index in [1.807, 2.05) is 0 Å². The van der Waals surface area contributed by atoms with E-state index in [0.29, 0.717) is 38.6 Å². The van der Waals surface area contributed by atoms with Crippen molar-refractivity contribution in [2.45, 2.75) is 36.8 Å². The summed E-state index contributed by atoms with van der Waals surface area (Å²) >= 11 is 0. The van der Waals surface area contributed by atoms with E-state index in [0.717, 1.165) is 0 Å². The molecule has 0 saturated carbocycles. The van der Waals surface area contributed by atoms with Crippen LogP contribution in [0.2, 0.25) is 0 Å². The average molecular weight is 382 g/mol. The van der Waals surface area contributed by atoms with Gasteiger partial charge in [0.2, 0.25) is 0 Å². The Balaban J connectivity index is 1.42. The van der Waals surface area contributed by atoms with Crippen LogP contribution in [0.25, 0.3) is 0 Å². The molecule has 2 saturated heterocycles. The Morgan fingerprint density at radius 2 is 1.70 bits per heavy atom. The second-order valence-electron chi connectivity index (χ2n) is 6.94. The molecule has 2 fully saturated rings. The quantitative estimate of drug-likeness (QED) is 0.642. The summed E-state index contributed by atoms with van der Waals surface area (Å²) in [6, 6.07) is 6.10. The van der Waals surface area contributed by atoms with Crippen molar-refractivity contribution >= 4 is 0 Å². The zero-order valence-electron chi connectivity index (χ0n) is 14.7. The third-order valence-electron chi connectivity index (χ3n) is 4.70. The van der Waals surface area contributed by atoms with E-state index in [1.165, 1.54) is 18.2 Å². The number of halogens is 3. The van der Waals surface area contributed by atoms with Crippen molar-refractivity contribution in [2.24, 2.45) is 0 Å². The van der Waals surface area contributed by atoms with Gasteiger partial charge in [-0.2, -0.15) is 13.2 Å². The van der Waals surface area contributed by atoms with Crippen molar-refractivity contribution in [2.75, 3.05) is 26.4 Å². The van der Waals surface area contributed by atoms with E-state index < -0.39 is 12.1 Å². The van der Waals surface area contributed by atoms with Crippen LogP contribution in [0.3, 0.4) is 0 Å². The highest BCUT2D eigenvalue weighted by Crippen LogP contribution is 2.42. The minimum atomic E-state index is -4.38. The van der Waals surface area contributed by atoms with E-state index >= 15 is 0 Å². The molecule has 2 heterocycles. The fourth-order valence-electron chi connectivity index (χ4n) is 3.03. The molecule has 4 rings (SSSR count). The number of epoxide rings is 2. The Hall–Kier alpha value is -1.83. The smallest absolute Gasteiger partial charge is 0.399 e. The van der Waals surface area contributed by atoms with Crippen molar-refractivity contribution < 1.29 is 32.1 Å². The maximum Gasteiger partial charge on any atom is 0.399 e. The molecule has 4 nitrogen and oxygen atoms in total. The van der Waals surface area contributed by atoms with Gasteiger partial charge in [-0.25, -0.2) is 0 Å². The molecule has 1 aromatic rings. The second kappa shape index (κ2) is 7.66.